The molecule has 2 unspecified atom stereocenters. The Labute approximate surface area is 96.4 Å². The molecule has 3 fully saturated rings. The van der Waals surface area contributed by atoms with Crippen molar-refractivity contribution in [2.45, 2.75) is 45.1 Å². The second-order valence-electron chi connectivity index (χ2n) is 6.00. The van der Waals surface area contributed by atoms with Gasteiger partial charge in [0.1, 0.15) is 5.41 Å². The maximum absolute atomic E-state index is 12.4. The normalized spacial score (nSPS) is 45.2. The van der Waals surface area contributed by atoms with E-state index in [-0.39, 0.29) is 5.91 Å². The Morgan fingerprint density at radius 1 is 1.44 bits per heavy atom. The van der Waals surface area contributed by atoms with E-state index in [1.54, 1.807) is 0 Å². The van der Waals surface area contributed by atoms with Crippen LogP contribution in [0.15, 0.2) is 0 Å². The molecule has 0 N–H and O–H groups in total. The number of carbonyl (C=O) groups is 1. The van der Waals surface area contributed by atoms with E-state index in [4.69, 9.17) is 0 Å². The van der Waals surface area contributed by atoms with Gasteiger partial charge in [-0.3, -0.25) is 4.79 Å². The van der Waals surface area contributed by atoms with E-state index >= 15 is 0 Å². The molecule has 3 rings (SSSR count). The number of carbonyl (C=O) groups excluding carboxylic acids is 1. The lowest BCUT2D eigenvalue weighted by Crippen LogP contribution is -2.52. The lowest BCUT2D eigenvalue weighted by molar-refractivity contribution is -0.147. The third-order valence-electron chi connectivity index (χ3n) is 4.69. The summed E-state index contributed by atoms with van der Waals surface area (Å²) in [6, 6.07) is 2.75. The van der Waals surface area contributed by atoms with Gasteiger partial charge in [0, 0.05) is 12.6 Å². The first-order valence-electron chi connectivity index (χ1n) is 6.37. The number of likely N-dealkylation sites (tertiary alicyclic amines) is 1. The molecule has 0 aromatic heterocycles. The summed E-state index contributed by atoms with van der Waals surface area (Å²) in [5, 5.41) is 9.26. The molecule has 3 heteroatoms. The van der Waals surface area contributed by atoms with E-state index in [1.807, 2.05) is 4.90 Å². The van der Waals surface area contributed by atoms with Gasteiger partial charge in [0.05, 0.1) is 6.07 Å². The molecule has 3 nitrogen and oxygen atoms in total. The third kappa shape index (κ3) is 1.22. The number of hydrogen-bond acceptors (Lipinski definition) is 2. The fourth-order valence-electron chi connectivity index (χ4n) is 3.89. The fourth-order valence-corrected chi connectivity index (χ4v) is 3.89. The predicted molar refractivity (Wildman–Crippen MR) is 59.3 cm³/mol. The quantitative estimate of drug-likeness (QED) is 0.675. The molecule has 0 aromatic carbocycles. The Hall–Kier alpha value is -1.04. The average Bonchev–Trinajstić information content (AvgIpc) is 2.84. The van der Waals surface area contributed by atoms with Crippen molar-refractivity contribution in [1.29, 1.82) is 5.26 Å². The summed E-state index contributed by atoms with van der Waals surface area (Å²) >= 11 is 0. The SMILES string of the molecule is CC1CC(C#N)(C(=O)N2CC3CCC2C3)C1. The van der Waals surface area contributed by atoms with Crippen LogP contribution in [0.4, 0.5) is 0 Å². The Bertz CT molecular complexity index is 365. The first kappa shape index (κ1) is 10.1. The molecular formula is C13H18N2O. The molecule has 16 heavy (non-hydrogen) atoms. The summed E-state index contributed by atoms with van der Waals surface area (Å²) in [4.78, 5) is 14.4. The minimum absolute atomic E-state index is 0.139. The number of hydrogen-bond donors (Lipinski definition) is 0. The molecule has 2 bridgehead atoms. The van der Waals surface area contributed by atoms with Gasteiger partial charge >= 0.3 is 0 Å². The van der Waals surface area contributed by atoms with E-state index in [0.717, 1.165) is 31.7 Å². The van der Waals surface area contributed by atoms with Gasteiger partial charge in [0.15, 0.2) is 0 Å². The summed E-state index contributed by atoms with van der Waals surface area (Å²) in [5.41, 5.74) is -0.649. The Balaban J connectivity index is 1.76. The Morgan fingerprint density at radius 3 is 2.62 bits per heavy atom. The second-order valence-corrected chi connectivity index (χ2v) is 6.00. The van der Waals surface area contributed by atoms with Crippen molar-refractivity contribution in [3.05, 3.63) is 0 Å². The average molecular weight is 218 g/mol. The highest BCUT2D eigenvalue weighted by molar-refractivity contribution is 5.87. The summed E-state index contributed by atoms with van der Waals surface area (Å²) in [5.74, 6) is 1.41. The first-order chi connectivity index (χ1) is 7.64. The minimum Gasteiger partial charge on any atom is -0.338 e. The van der Waals surface area contributed by atoms with Crippen molar-refractivity contribution in [2.24, 2.45) is 17.3 Å². The van der Waals surface area contributed by atoms with E-state index in [2.05, 4.69) is 13.0 Å². The molecule has 0 radical (unpaired) electrons. The molecule has 1 amide bonds. The molecule has 0 aromatic rings. The van der Waals surface area contributed by atoms with Gasteiger partial charge in [0.25, 0.3) is 0 Å². The number of amides is 1. The Kier molecular flexibility index (Phi) is 2.04. The molecule has 2 atom stereocenters. The molecule has 0 spiro atoms. The molecule has 1 saturated heterocycles. The lowest BCUT2D eigenvalue weighted by Gasteiger charge is -2.43. The van der Waals surface area contributed by atoms with Crippen LogP contribution in [0.3, 0.4) is 0 Å². The van der Waals surface area contributed by atoms with Crippen LogP contribution in [0.25, 0.3) is 0 Å². The summed E-state index contributed by atoms with van der Waals surface area (Å²) in [7, 11) is 0. The van der Waals surface area contributed by atoms with Crippen LogP contribution in [0, 0.1) is 28.6 Å². The van der Waals surface area contributed by atoms with Gasteiger partial charge in [-0.2, -0.15) is 5.26 Å². The molecule has 2 saturated carbocycles. The number of nitrogens with zero attached hydrogens (tertiary/aromatic N) is 2. The van der Waals surface area contributed by atoms with E-state index in [9.17, 15) is 10.1 Å². The van der Waals surface area contributed by atoms with Crippen molar-refractivity contribution < 1.29 is 4.79 Å². The molecular weight excluding hydrogens is 200 g/mol. The van der Waals surface area contributed by atoms with Crippen LogP contribution in [-0.4, -0.2) is 23.4 Å². The molecule has 2 aliphatic carbocycles. The Morgan fingerprint density at radius 2 is 2.19 bits per heavy atom. The van der Waals surface area contributed by atoms with Crippen molar-refractivity contribution in [3.8, 4) is 6.07 Å². The van der Waals surface area contributed by atoms with Crippen molar-refractivity contribution >= 4 is 5.91 Å². The number of nitriles is 1. The van der Waals surface area contributed by atoms with Crippen LogP contribution >= 0.6 is 0 Å². The van der Waals surface area contributed by atoms with Crippen LogP contribution < -0.4 is 0 Å². The lowest BCUT2D eigenvalue weighted by atomic mass is 9.62. The van der Waals surface area contributed by atoms with Gasteiger partial charge in [-0.15, -0.1) is 0 Å². The zero-order valence-electron chi connectivity index (χ0n) is 9.78. The first-order valence-corrected chi connectivity index (χ1v) is 6.37. The monoisotopic (exact) mass is 218 g/mol. The molecule has 1 heterocycles. The highest BCUT2D eigenvalue weighted by atomic mass is 16.2. The molecule has 3 aliphatic rings. The smallest absolute Gasteiger partial charge is 0.243 e. The number of fused-ring (bicyclic) bond motifs is 2. The maximum atomic E-state index is 12.4. The minimum atomic E-state index is -0.649. The van der Waals surface area contributed by atoms with E-state index < -0.39 is 5.41 Å². The molecule has 1 aliphatic heterocycles. The molecule has 86 valence electrons. The fraction of sp³-hybridized carbons (Fsp3) is 0.846. The van der Waals surface area contributed by atoms with Gasteiger partial charge in [-0.05, 0) is 43.9 Å². The van der Waals surface area contributed by atoms with E-state index in [0.29, 0.717) is 12.0 Å². The standard InChI is InChI=1S/C13H18N2O/c1-9-5-13(6-9,8-14)12(16)15-7-10-2-3-11(15)4-10/h9-11H,2-7H2,1H3. The highest BCUT2D eigenvalue weighted by Crippen LogP contribution is 2.49. The number of rotatable bonds is 1. The largest absolute Gasteiger partial charge is 0.338 e. The summed E-state index contributed by atoms with van der Waals surface area (Å²) in [6.07, 6.45) is 5.17. The zero-order chi connectivity index (χ0) is 11.3. The van der Waals surface area contributed by atoms with Gasteiger partial charge in [-0.25, -0.2) is 0 Å². The highest BCUT2D eigenvalue weighted by Gasteiger charge is 2.54. The van der Waals surface area contributed by atoms with Crippen LogP contribution in [0.2, 0.25) is 0 Å². The van der Waals surface area contributed by atoms with Crippen LogP contribution in [-0.2, 0) is 4.79 Å². The van der Waals surface area contributed by atoms with Crippen molar-refractivity contribution in [3.63, 3.8) is 0 Å². The summed E-state index contributed by atoms with van der Waals surface area (Å²) < 4.78 is 0. The zero-order valence-corrected chi connectivity index (χ0v) is 9.78. The number of piperidine rings is 1. The van der Waals surface area contributed by atoms with Crippen LogP contribution in [0.1, 0.15) is 39.0 Å². The van der Waals surface area contributed by atoms with Gasteiger partial charge in [0.2, 0.25) is 5.91 Å². The topological polar surface area (TPSA) is 44.1 Å². The van der Waals surface area contributed by atoms with Gasteiger partial charge in [-0.1, -0.05) is 6.92 Å². The predicted octanol–water partition coefficient (Wildman–Crippen LogP) is 1.94. The van der Waals surface area contributed by atoms with E-state index in [1.165, 1.54) is 12.8 Å². The second kappa shape index (κ2) is 3.23. The van der Waals surface area contributed by atoms with Crippen LogP contribution in [0.5, 0.6) is 0 Å². The van der Waals surface area contributed by atoms with Crippen molar-refractivity contribution in [2.75, 3.05) is 6.54 Å². The van der Waals surface area contributed by atoms with Crippen molar-refractivity contribution in [1.82, 2.24) is 4.90 Å². The maximum Gasteiger partial charge on any atom is 0.243 e. The summed E-state index contributed by atoms with van der Waals surface area (Å²) in [6.45, 7) is 3.04. The third-order valence-corrected chi connectivity index (χ3v) is 4.69. The van der Waals surface area contributed by atoms with Gasteiger partial charge < -0.3 is 4.90 Å².